The first-order chi connectivity index (χ1) is 19.1. The highest BCUT2D eigenvalue weighted by Crippen LogP contribution is 2.29. The Morgan fingerprint density at radius 1 is 0.744 bits per heavy atom. The SMILES string of the molecule is CCCCCCCCCCC(=O)OCCOCCOC(=O)C(C#N)=C(c1ccccc1)c1ccc(OC)cc1. The van der Waals surface area contributed by atoms with Gasteiger partial charge in [-0.3, -0.25) is 4.79 Å². The summed E-state index contributed by atoms with van der Waals surface area (Å²) in [5, 5.41) is 9.84. The van der Waals surface area contributed by atoms with E-state index in [9.17, 15) is 14.9 Å². The van der Waals surface area contributed by atoms with E-state index in [0.29, 0.717) is 23.3 Å². The maximum atomic E-state index is 12.8. The van der Waals surface area contributed by atoms with E-state index in [4.69, 9.17) is 18.9 Å². The molecular formula is C32H41NO6. The van der Waals surface area contributed by atoms with Crippen molar-refractivity contribution < 1.29 is 28.5 Å². The molecule has 0 unspecified atom stereocenters. The number of methoxy groups -OCH3 is 1. The number of ether oxygens (including phenoxy) is 4. The lowest BCUT2D eigenvalue weighted by atomic mass is 9.93. The van der Waals surface area contributed by atoms with Crippen molar-refractivity contribution in [2.45, 2.75) is 64.7 Å². The van der Waals surface area contributed by atoms with Crippen LogP contribution in [0.25, 0.3) is 5.57 Å². The molecular weight excluding hydrogens is 494 g/mol. The third-order valence-electron chi connectivity index (χ3n) is 6.19. The van der Waals surface area contributed by atoms with E-state index in [-0.39, 0.29) is 38.0 Å². The largest absolute Gasteiger partial charge is 0.497 e. The summed E-state index contributed by atoms with van der Waals surface area (Å²) in [6, 6.07) is 18.4. The Balaban J connectivity index is 1.74. The molecule has 0 N–H and O–H groups in total. The number of benzene rings is 2. The van der Waals surface area contributed by atoms with E-state index in [2.05, 4.69) is 6.92 Å². The van der Waals surface area contributed by atoms with Crippen molar-refractivity contribution >= 4 is 17.5 Å². The minimum Gasteiger partial charge on any atom is -0.497 e. The molecule has 2 aromatic carbocycles. The molecule has 210 valence electrons. The van der Waals surface area contributed by atoms with Gasteiger partial charge in [-0.25, -0.2) is 4.79 Å². The lowest BCUT2D eigenvalue weighted by Crippen LogP contribution is -2.16. The molecule has 0 amide bonds. The molecule has 7 nitrogen and oxygen atoms in total. The van der Waals surface area contributed by atoms with Crippen molar-refractivity contribution in [2.24, 2.45) is 0 Å². The van der Waals surface area contributed by atoms with Crippen LogP contribution in [0.3, 0.4) is 0 Å². The van der Waals surface area contributed by atoms with Gasteiger partial charge in [-0.15, -0.1) is 0 Å². The molecule has 0 radical (unpaired) electrons. The van der Waals surface area contributed by atoms with Crippen molar-refractivity contribution in [3.63, 3.8) is 0 Å². The van der Waals surface area contributed by atoms with E-state index in [0.717, 1.165) is 24.8 Å². The highest BCUT2D eigenvalue weighted by Gasteiger charge is 2.20. The molecule has 0 aromatic heterocycles. The first-order valence-electron chi connectivity index (χ1n) is 13.8. The number of unbranched alkanes of at least 4 members (excludes halogenated alkanes) is 7. The molecule has 0 saturated carbocycles. The fraction of sp³-hybridized carbons (Fsp3) is 0.469. The van der Waals surface area contributed by atoms with Gasteiger partial charge in [-0.1, -0.05) is 94.3 Å². The fourth-order valence-electron chi connectivity index (χ4n) is 4.08. The molecule has 0 fully saturated rings. The monoisotopic (exact) mass is 535 g/mol. The van der Waals surface area contributed by atoms with Crippen LogP contribution >= 0.6 is 0 Å². The number of rotatable bonds is 19. The number of nitriles is 1. The molecule has 0 saturated heterocycles. The van der Waals surface area contributed by atoms with E-state index in [1.54, 1.807) is 31.4 Å². The predicted octanol–water partition coefficient (Wildman–Crippen LogP) is 6.65. The van der Waals surface area contributed by atoms with E-state index < -0.39 is 5.97 Å². The zero-order chi connectivity index (χ0) is 28.1. The molecule has 39 heavy (non-hydrogen) atoms. The number of carbonyl (C=O) groups is 2. The number of esters is 2. The smallest absolute Gasteiger partial charge is 0.349 e. The average molecular weight is 536 g/mol. The molecule has 0 spiro atoms. The van der Waals surface area contributed by atoms with Crippen LogP contribution in [-0.2, 0) is 23.8 Å². The van der Waals surface area contributed by atoms with Crippen LogP contribution in [0.2, 0.25) is 0 Å². The Labute approximate surface area is 232 Å². The van der Waals surface area contributed by atoms with Crippen LogP contribution in [0.1, 0.15) is 75.8 Å². The van der Waals surface area contributed by atoms with Gasteiger partial charge in [0.25, 0.3) is 0 Å². The minimum atomic E-state index is -0.729. The molecule has 0 bridgehead atoms. The summed E-state index contributed by atoms with van der Waals surface area (Å²) in [5.41, 5.74) is 1.80. The van der Waals surface area contributed by atoms with Crippen molar-refractivity contribution in [3.8, 4) is 11.8 Å². The fourth-order valence-corrected chi connectivity index (χ4v) is 4.08. The summed E-state index contributed by atoms with van der Waals surface area (Å²) in [4.78, 5) is 24.7. The van der Waals surface area contributed by atoms with Crippen molar-refractivity contribution in [1.82, 2.24) is 0 Å². The zero-order valence-corrected chi connectivity index (χ0v) is 23.3. The number of carbonyl (C=O) groups excluding carboxylic acids is 2. The molecule has 2 aromatic rings. The van der Waals surface area contributed by atoms with Crippen LogP contribution in [-0.4, -0.2) is 45.5 Å². The van der Waals surface area contributed by atoms with Crippen LogP contribution < -0.4 is 4.74 Å². The van der Waals surface area contributed by atoms with Crippen LogP contribution in [0, 0.1) is 11.3 Å². The molecule has 0 aliphatic heterocycles. The predicted molar refractivity (Wildman–Crippen MR) is 151 cm³/mol. The highest BCUT2D eigenvalue weighted by atomic mass is 16.6. The van der Waals surface area contributed by atoms with Gasteiger partial charge in [0.1, 0.15) is 30.6 Å². The lowest BCUT2D eigenvalue weighted by Gasteiger charge is -2.12. The maximum Gasteiger partial charge on any atom is 0.349 e. The van der Waals surface area contributed by atoms with Gasteiger partial charge < -0.3 is 18.9 Å². The van der Waals surface area contributed by atoms with Crippen molar-refractivity contribution in [2.75, 3.05) is 33.5 Å². The van der Waals surface area contributed by atoms with E-state index >= 15 is 0 Å². The summed E-state index contributed by atoms with van der Waals surface area (Å²) < 4.78 is 21.2. The molecule has 0 aliphatic rings. The third-order valence-corrected chi connectivity index (χ3v) is 6.19. The van der Waals surface area contributed by atoms with E-state index in [1.807, 2.05) is 36.4 Å². The Morgan fingerprint density at radius 3 is 1.95 bits per heavy atom. The summed E-state index contributed by atoms with van der Waals surface area (Å²) in [6.45, 7) is 2.68. The second-order valence-electron chi connectivity index (χ2n) is 9.15. The zero-order valence-electron chi connectivity index (χ0n) is 23.3. The number of nitrogens with zero attached hydrogens (tertiary/aromatic N) is 1. The topological polar surface area (TPSA) is 94.9 Å². The van der Waals surface area contributed by atoms with Gasteiger partial charge in [0.05, 0.1) is 20.3 Å². The lowest BCUT2D eigenvalue weighted by molar-refractivity contribution is -0.145. The van der Waals surface area contributed by atoms with Crippen molar-refractivity contribution in [3.05, 3.63) is 71.3 Å². The summed E-state index contributed by atoms with van der Waals surface area (Å²) in [6.07, 6.45) is 9.83. The molecule has 0 aliphatic carbocycles. The summed E-state index contributed by atoms with van der Waals surface area (Å²) in [5.74, 6) is -0.275. The van der Waals surface area contributed by atoms with Gasteiger partial charge >= 0.3 is 11.9 Å². The van der Waals surface area contributed by atoms with Crippen LogP contribution in [0.4, 0.5) is 0 Å². The normalized spacial score (nSPS) is 11.3. The Hall–Kier alpha value is -3.63. The Morgan fingerprint density at radius 2 is 1.33 bits per heavy atom. The van der Waals surface area contributed by atoms with Gasteiger partial charge in [-0.2, -0.15) is 5.26 Å². The molecule has 2 rings (SSSR count). The highest BCUT2D eigenvalue weighted by molar-refractivity contribution is 6.05. The first kappa shape index (κ1) is 31.6. The quantitative estimate of drug-likeness (QED) is 0.0859. The average Bonchev–Trinajstić information content (AvgIpc) is 2.97. The summed E-state index contributed by atoms with van der Waals surface area (Å²) >= 11 is 0. The summed E-state index contributed by atoms with van der Waals surface area (Å²) in [7, 11) is 1.57. The van der Waals surface area contributed by atoms with Crippen molar-refractivity contribution in [1.29, 1.82) is 5.26 Å². The molecule has 7 heteroatoms. The Kier molecular flexibility index (Phi) is 15.7. The van der Waals surface area contributed by atoms with Crippen LogP contribution in [0.5, 0.6) is 5.75 Å². The third kappa shape index (κ3) is 12.2. The number of hydrogen-bond donors (Lipinski definition) is 0. The first-order valence-corrected chi connectivity index (χ1v) is 13.8. The maximum absolute atomic E-state index is 12.8. The van der Waals surface area contributed by atoms with E-state index in [1.165, 1.54) is 32.1 Å². The Bertz CT molecular complexity index is 1060. The minimum absolute atomic E-state index is 0.0269. The van der Waals surface area contributed by atoms with Gasteiger partial charge in [-0.05, 0) is 29.7 Å². The second-order valence-corrected chi connectivity index (χ2v) is 9.15. The van der Waals surface area contributed by atoms with Gasteiger partial charge in [0.15, 0.2) is 0 Å². The number of hydrogen-bond acceptors (Lipinski definition) is 7. The standard InChI is InChI=1S/C32H41NO6/c1-3-4-5-6-7-8-9-13-16-30(34)38-23-21-37-22-24-39-32(35)29(25-33)31(26-14-11-10-12-15-26)27-17-19-28(36-2)20-18-27/h10-12,14-15,17-20H,3-9,13,16,21-24H2,1-2H3. The second kappa shape index (κ2) is 19.4. The van der Waals surface area contributed by atoms with Crippen LogP contribution in [0.15, 0.2) is 60.2 Å². The molecule has 0 heterocycles. The van der Waals surface area contributed by atoms with Gasteiger partial charge in [0, 0.05) is 12.0 Å². The van der Waals surface area contributed by atoms with Gasteiger partial charge in [0.2, 0.25) is 0 Å². The molecule has 0 atom stereocenters.